The van der Waals surface area contributed by atoms with Crippen molar-refractivity contribution in [2.75, 3.05) is 24.1 Å². The third-order valence-corrected chi connectivity index (χ3v) is 3.05. The van der Waals surface area contributed by atoms with E-state index < -0.39 is 0 Å². The summed E-state index contributed by atoms with van der Waals surface area (Å²) in [4.78, 5) is 11.5. The lowest BCUT2D eigenvalue weighted by Gasteiger charge is -2.12. The molecule has 4 N–H and O–H groups in total. The van der Waals surface area contributed by atoms with Gasteiger partial charge in [0.1, 0.15) is 0 Å². The number of hydrogen-bond donors (Lipinski definition) is 3. The molecule has 5 heteroatoms. The Balaban J connectivity index is 2.41. The Hall–Kier alpha value is -1.42. The van der Waals surface area contributed by atoms with Crippen LogP contribution in [-0.2, 0) is 4.79 Å². The average Bonchev–Trinajstić information content (AvgIpc) is 2.33. The maximum absolute atomic E-state index is 11.5. The van der Waals surface area contributed by atoms with Crippen molar-refractivity contribution in [3.63, 3.8) is 0 Å². The number of amides is 1. The largest absolute Gasteiger partial charge is 0.398 e. The molecule has 1 aromatic carbocycles. The molecule has 1 aromatic rings. The van der Waals surface area contributed by atoms with Gasteiger partial charge in [0, 0.05) is 25.2 Å². The lowest BCUT2D eigenvalue weighted by atomic mass is 10.1. The topological polar surface area (TPSA) is 67.1 Å². The lowest BCUT2D eigenvalue weighted by Crippen LogP contribution is -2.28. The minimum Gasteiger partial charge on any atom is -0.398 e. The van der Waals surface area contributed by atoms with Crippen molar-refractivity contribution >= 4 is 28.9 Å². The molecule has 4 nitrogen and oxygen atoms in total. The highest BCUT2D eigenvalue weighted by molar-refractivity contribution is 6.33. The summed E-state index contributed by atoms with van der Waals surface area (Å²) in [6.07, 6.45) is 0.439. The molecule has 0 aromatic heterocycles. The molecule has 0 radical (unpaired) electrons. The Morgan fingerprint density at radius 1 is 1.42 bits per heavy atom. The van der Waals surface area contributed by atoms with Crippen molar-refractivity contribution in [2.24, 2.45) is 5.92 Å². The van der Waals surface area contributed by atoms with E-state index in [2.05, 4.69) is 24.5 Å². The monoisotopic (exact) mass is 283 g/mol. The van der Waals surface area contributed by atoms with E-state index in [0.29, 0.717) is 36.1 Å². The van der Waals surface area contributed by atoms with Gasteiger partial charge in [-0.15, -0.1) is 0 Å². The maximum Gasteiger partial charge on any atom is 0.221 e. The first-order chi connectivity index (χ1) is 8.90. The van der Waals surface area contributed by atoms with Crippen LogP contribution in [0.15, 0.2) is 12.1 Å². The average molecular weight is 284 g/mol. The van der Waals surface area contributed by atoms with Gasteiger partial charge in [0.15, 0.2) is 0 Å². The predicted octanol–water partition coefficient (Wildman–Crippen LogP) is 2.80. The van der Waals surface area contributed by atoms with Gasteiger partial charge in [-0.2, -0.15) is 0 Å². The second-order valence-corrected chi connectivity index (χ2v) is 5.47. The summed E-state index contributed by atoms with van der Waals surface area (Å²) in [5.41, 5.74) is 8.21. The molecule has 0 aliphatic carbocycles. The second kappa shape index (κ2) is 7.24. The molecule has 1 rings (SSSR count). The number of nitrogen functional groups attached to an aromatic ring is 1. The predicted molar refractivity (Wildman–Crippen MR) is 81.6 cm³/mol. The Morgan fingerprint density at radius 3 is 2.74 bits per heavy atom. The van der Waals surface area contributed by atoms with Crippen LogP contribution in [0.2, 0.25) is 5.02 Å². The number of carbonyl (C=O) groups excluding carboxylic acids is 1. The zero-order valence-corrected chi connectivity index (χ0v) is 12.5. The van der Waals surface area contributed by atoms with Crippen molar-refractivity contribution in [1.29, 1.82) is 0 Å². The summed E-state index contributed by atoms with van der Waals surface area (Å²) in [5, 5.41) is 6.60. The van der Waals surface area contributed by atoms with Gasteiger partial charge in [-0.3, -0.25) is 4.79 Å². The van der Waals surface area contributed by atoms with Gasteiger partial charge in [0.05, 0.1) is 10.7 Å². The second-order valence-electron chi connectivity index (χ2n) is 5.06. The smallest absolute Gasteiger partial charge is 0.221 e. The Bertz CT molecular complexity index is 447. The third-order valence-electron chi connectivity index (χ3n) is 2.72. The number of rotatable bonds is 6. The molecule has 0 atom stereocenters. The number of anilines is 2. The highest BCUT2D eigenvalue weighted by Gasteiger charge is 2.05. The molecule has 0 unspecified atom stereocenters. The first-order valence-corrected chi connectivity index (χ1v) is 6.84. The summed E-state index contributed by atoms with van der Waals surface area (Å²) < 4.78 is 0. The van der Waals surface area contributed by atoms with Crippen molar-refractivity contribution in [3.8, 4) is 0 Å². The highest BCUT2D eigenvalue weighted by Crippen LogP contribution is 2.26. The van der Waals surface area contributed by atoms with Crippen LogP contribution in [0.1, 0.15) is 25.8 Å². The van der Waals surface area contributed by atoms with Gasteiger partial charge in [-0.25, -0.2) is 0 Å². The fourth-order valence-electron chi connectivity index (χ4n) is 1.61. The number of hydrogen-bond acceptors (Lipinski definition) is 3. The Labute approximate surface area is 119 Å². The zero-order valence-electron chi connectivity index (χ0n) is 11.7. The molecule has 0 aliphatic heterocycles. The number of nitrogens with one attached hydrogen (secondary N) is 2. The van der Waals surface area contributed by atoms with E-state index in [0.717, 1.165) is 11.3 Å². The molecule has 19 heavy (non-hydrogen) atoms. The molecule has 0 aliphatic rings. The van der Waals surface area contributed by atoms with E-state index in [4.69, 9.17) is 17.3 Å². The van der Waals surface area contributed by atoms with Crippen LogP contribution in [0.3, 0.4) is 0 Å². The van der Waals surface area contributed by atoms with E-state index in [9.17, 15) is 4.79 Å². The van der Waals surface area contributed by atoms with E-state index >= 15 is 0 Å². The first kappa shape index (κ1) is 15.6. The van der Waals surface area contributed by atoms with Crippen LogP contribution < -0.4 is 16.4 Å². The summed E-state index contributed by atoms with van der Waals surface area (Å²) in [5.74, 6) is 0.524. The van der Waals surface area contributed by atoms with Crippen LogP contribution >= 0.6 is 11.6 Å². The lowest BCUT2D eigenvalue weighted by molar-refractivity contribution is -0.120. The molecule has 0 saturated carbocycles. The van der Waals surface area contributed by atoms with Crippen LogP contribution in [0.25, 0.3) is 0 Å². The molecular formula is C14H22ClN3O. The third kappa shape index (κ3) is 5.39. The van der Waals surface area contributed by atoms with Crippen LogP contribution in [0.5, 0.6) is 0 Å². The minimum atomic E-state index is 0.0559. The van der Waals surface area contributed by atoms with E-state index in [1.807, 2.05) is 13.0 Å². The van der Waals surface area contributed by atoms with Crippen molar-refractivity contribution in [2.45, 2.75) is 27.2 Å². The Morgan fingerprint density at radius 2 is 2.11 bits per heavy atom. The van der Waals surface area contributed by atoms with Gasteiger partial charge in [0.25, 0.3) is 0 Å². The number of carbonyl (C=O) groups is 1. The van der Waals surface area contributed by atoms with E-state index in [1.54, 1.807) is 6.07 Å². The van der Waals surface area contributed by atoms with Crippen molar-refractivity contribution < 1.29 is 4.79 Å². The van der Waals surface area contributed by atoms with Gasteiger partial charge in [-0.05, 0) is 30.5 Å². The van der Waals surface area contributed by atoms with Crippen molar-refractivity contribution in [1.82, 2.24) is 5.32 Å². The Kier molecular flexibility index (Phi) is 5.96. The molecule has 0 fully saturated rings. The molecular weight excluding hydrogens is 262 g/mol. The number of nitrogens with two attached hydrogens (primary N) is 1. The number of halogens is 1. The zero-order chi connectivity index (χ0) is 14.4. The maximum atomic E-state index is 11.5. The number of aryl methyl sites for hydroxylation is 1. The highest BCUT2D eigenvalue weighted by atomic mass is 35.5. The summed E-state index contributed by atoms with van der Waals surface area (Å²) >= 11 is 5.97. The summed E-state index contributed by atoms with van der Waals surface area (Å²) in [6.45, 7) is 7.38. The molecule has 0 bridgehead atoms. The normalized spacial score (nSPS) is 10.6. The van der Waals surface area contributed by atoms with Gasteiger partial charge < -0.3 is 16.4 Å². The van der Waals surface area contributed by atoms with Crippen LogP contribution in [0, 0.1) is 12.8 Å². The SMILES string of the molecule is Cc1cc(N)c(Cl)cc1NCCC(=O)NCC(C)C. The van der Waals surface area contributed by atoms with Crippen LogP contribution in [-0.4, -0.2) is 19.0 Å². The van der Waals surface area contributed by atoms with E-state index in [1.165, 1.54) is 0 Å². The fraction of sp³-hybridized carbons (Fsp3) is 0.500. The molecule has 106 valence electrons. The summed E-state index contributed by atoms with van der Waals surface area (Å²) in [6, 6.07) is 3.61. The quantitative estimate of drug-likeness (QED) is 0.703. The van der Waals surface area contributed by atoms with Crippen molar-refractivity contribution in [3.05, 3.63) is 22.7 Å². The molecule has 0 saturated heterocycles. The van der Waals surface area contributed by atoms with Gasteiger partial charge in [0.2, 0.25) is 5.91 Å². The van der Waals surface area contributed by atoms with E-state index in [-0.39, 0.29) is 5.91 Å². The fourth-order valence-corrected chi connectivity index (χ4v) is 1.78. The molecule has 0 spiro atoms. The molecule has 1 amide bonds. The van der Waals surface area contributed by atoms with Crippen LogP contribution in [0.4, 0.5) is 11.4 Å². The van der Waals surface area contributed by atoms with Gasteiger partial charge in [-0.1, -0.05) is 25.4 Å². The number of benzene rings is 1. The summed E-state index contributed by atoms with van der Waals surface area (Å²) in [7, 11) is 0. The molecule has 0 heterocycles. The first-order valence-electron chi connectivity index (χ1n) is 6.46. The standard InChI is InChI=1S/C14H22ClN3O/c1-9(2)8-18-14(19)4-5-17-13-7-11(15)12(16)6-10(13)3/h6-7,9,17H,4-5,8,16H2,1-3H3,(H,18,19). The minimum absolute atomic E-state index is 0.0559. The van der Waals surface area contributed by atoms with Gasteiger partial charge >= 0.3 is 0 Å².